The Hall–Kier alpha value is -0.790. The SMILES string of the molecule is O=C1CCC/C1=C/O. The molecule has 1 aliphatic carbocycles. The molecule has 1 aliphatic rings. The van der Waals surface area contributed by atoms with Crippen molar-refractivity contribution in [1.82, 2.24) is 0 Å². The summed E-state index contributed by atoms with van der Waals surface area (Å²) in [4.78, 5) is 10.6. The summed E-state index contributed by atoms with van der Waals surface area (Å²) in [6, 6.07) is 0. The molecule has 1 fully saturated rings. The zero-order chi connectivity index (χ0) is 5.98. The molecule has 0 atom stereocenters. The fourth-order valence-corrected chi connectivity index (χ4v) is 0.876. The summed E-state index contributed by atoms with van der Waals surface area (Å²) in [5.74, 6) is 0.104. The predicted octanol–water partition coefficient (Wildman–Crippen LogP) is 1.18. The van der Waals surface area contributed by atoms with Gasteiger partial charge in [-0.3, -0.25) is 4.79 Å². The Morgan fingerprint density at radius 3 is 2.50 bits per heavy atom. The van der Waals surface area contributed by atoms with Crippen LogP contribution >= 0.6 is 0 Å². The second-order valence-electron chi connectivity index (χ2n) is 1.93. The molecule has 0 aromatic heterocycles. The van der Waals surface area contributed by atoms with E-state index in [2.05, 4.69) is 0 Å². The Labute approximate surface area is 47.8 Å². The average Bonchev–Trinajstić information content (AvgIpc) is 2.14. The minimum absolute atomic E-state index is 0.104. The summed E-state index contributed by atoms with van der Waals surface area (Å²) in [6.07, 6.45) is 3.21. The van der Waals surface area contributed by atoms with Gasteiger partial charge in [-0.2, -0.15) is 0 Å². The summed E-state index contributed by atoms with van der Waals surface area (Å²) in [5, 5.41) is 8.35. The lowest BCUT2D eigenvalue weighted by Gasteiger charge is -1.84. The molecule has 0 saturated heterocycles. The van der Waals surface area contributed by atoms with Gasteiger partial charge in [-0.25, -0.2) is 0 Å². The fraction of sp³-hybridized carbons (Fsp3) is 0.500. The van der Waals surface area contributed by atoms with Crippen LogP contribution in [0.3, 0.4) is 0 Å². The van der Waals surface area contributed by atoms with Crippen molar-refractivity contribution in [3.8, 4) is 0 Å². The molecule has 0 aromatic rings. The minimum Gasteiger partial charge on any atom is -0.515 e. The maximum absolute atomic E-state index is 10.6. The highest BCUT2D eigenvalue weighted by Crippen LogP contribution is 2.18. The average molecular weight is 112 g/mol. The number of carbonyl (C=O) groups excluding carboxylic acids is 1. The Bertz CT molecular complexity index is 135. The predicted molar refractivity (Wildman–Crippen MR) is 29.6 cm³/mol. The molecule has 44 valence electrons. The van der Waals surface area contributed by atoms with Gasteiger partial charge in [0.2, 0.25) is 0 Å². The third-order valence-corrected chi connectivity index (χ3v) is 1.36. The van der Waals surface area contributed by atoms with Crippen LogP contribution in [0, 0.1) is 0 Å². The second-order valence-corrected chi connectivity index (χ2v) is 1.93. The number of allylic oxidation sites excluding steroid dienone is 1. The summed E-state index contributed by atoms with van der Waals surface area (Å²) < 4.78 is 0. The molecular formula is C6H8O2. The normalized spacial score (nSPS) is 25.0. The van der Waals surface area contributed by atoms with E-state index in [0.29, 0.717) is 12.0 Å². The van der Waals surface area contributed by atoms with Crippen molar-refractivity contribution in [3.63, 3.8) is 0 Å². The summed E-state index contributed by atoms with van der Waals surface area (Å²) in [5.41, 5.74) is 0.588. The summed E-state index contributed by atoms with van der Waals surface area (Å²) in [6.45, 7) is 0. The molecule has 0 amide bonds. The van der Waals surface area contributed by atoms with Crippen LogP contribution in [-0.4, -0.2) is 10.9 Å². The highest BCUT2D eigenvalue weighted by Gasteiger charge is 2.15. The van der Waals surface area contributed by atoms with Crippen LogP contribution in [0.25, 0.3) is 0 Å². The molecule has 1 rings (SSSR count). The first-order valence-corrected chi connectivity index (χ1v) is 2.71. The van der Waals surface area contributed by atoms with Gasteiger partial charge in [0.15, 0.2) is 5.78 Å². The molecule has 2 heteroatoms. The lowest BCUT2D eigenvalue weighted by molar-refractivity contribution is -0.114. The summed E-state index contributed by atoms with van der Waals surface area (Å²) >= 11 is 0. The molecule has 0 heterocycles. The van der Waals surface area contributed by atoms with Gasteiger partial charge < -0.3 is 5.11 Å². The number of ketones is 1. The van der Waals surface area contributed by atoms with Gasteiger partial charge in [-0.1, -0.05) is 0 Å². The van der Waals surface area contributed by atoms with Crippen molar-refractivity contribution in [2.75, 3.05) is 0 Å². The molecule has 0 radical (unpaired) electrons. The molecule has 1 N–H and O–H groups in total. The van der Waals surface area contributed by atoms with Crippen molar-refractivity contribution in [3.05, 3.63) is 11.8 Å². The number of hydrogen-bond donors (Lipinski definition) is 1. The molecule has 0 bridgehead atoms. The molecule has 0 aliphatic heterocycles. The van der Waals surface area contributed by atoms with Gasteiger partial charge in [0.05, 0.1) is 6.26 Å². The van der Waals surface area contributed by atoms with Gasteiger partial charge in [-0.05, 0) is 12.8 Å². The van der Waals surface area contributed by atoms with E-state index in [0.717, 1.165) is 19.1 Å². The van der Waals surface area contributed by atoms with Crippen LogP contribution in [-0.2, 0) is 4.79 Å². The Morgan fingerprint density at radius 2 is 2.25 bits per heavy atom. The Kier molecular flexibility index (Phi) is 1.33. The van der Waals surface area contributed by atoms with Crippen LogP contribution in [0.1, 0.15) is 19.3 Å². The van der Waals surface area contributed by atoms with Crippen molar-refractivity contribution >= 4 is 5.78 Å². The van der Waals surface area contributed by atoms with E-state index >= 15 is 0 Å². The number of hydrogen-bond acceptors (Lipinski definition) is 2. The zero-order valence-electron chi connectivity index (χ0n) is 4.55. The van der Waals surface area contributed by atoms with E-state index in [1.807, 2.05) is 0 Å². The number of aliphatic hydroxyl groups excluding tert-OH is 1. The highest BCUT2D eigenvalue weighted by atomic mass is 16.2. The first-order valence-electron chi connectivity index (χ1n) is 2.71. The third-order valence-electron chi connectivity index (χ3n) is 1.36. The fourth-order valence-electron chi connectivity index (χ4n) is 0.876. The van der Waals surface area contributed by atoms with E-state index in [1.54, 1.807) is 0 Å². The smallest absolute Gasteiger partial charge is 0.161 e. The van der Waals surface area contributed by atoms with Crippen molar-refractivity contribution in [1.29, 1.82) is 0 Å². The van der Waals surface area contributed by atoms with Crippen LogP contribution in [0.2, 0.25) is 0 Å². The summed E-state index contributed by atoms with van der Waals surface area (Å²) in [7, 11) is 0. The van der Waals surface area contributed by atoms with Crippen molar-refractivity contribution < 1.29 is 9.90 Å². The van der Waals surface area contributed by atoms with Gasteiger partial charge >= 0.3 is 0 Å². The lowest BCUT2D eigenvalue weighted by atomic mass is 10.2. The van der Waals surface area contributed by atoms with Crippen LogP contribution in [0.4, 0.5) is 0 Å². The van der Waals surface area contributed by atoms with E-state index in [4.69, 9.17) is 5.11 Å². The number of carbonyl (C=O) groups is 1. The van der Waals surface area contributed by atoms with Gasteiger partial charge in [0, 0.05) is 12.0 Å². The number of rotatable bonds is 0. The maximum Gasteiger partial charge on any atom is 0.161 e. The Morgan fingerprint density at radius 1 is 1.50 bits per heavy atom. The van der Waals surface area contributed by atoms with Gasteiger partial charge in [-0.15, -0.1) is 0 Å². The molecule has 0 aromatic carbocycles. The van der Waals surface area contributed by atoms with Gasteiger partial charge in [0.25, 0.3) is 0 Å². The van der Waals surface area contributed by atoms with Gasteiger partial charge in [0.1, 0.15) is 0 Å². The standard InChI is InChI=1S/C6H8O2/c7-4-5-2-1-3-6(5)8/h4,7H,1-3H2/b5-4-. The Balaban J connectivity index is 2.69. The number of Topliss-reactive ketones (excluding diaryl/α,β-unsaturated/α-hetero) is 1. The molecule has 1 saturated carbocycles. The third kappa shape index (κ3) is 0.735. The topological polar surface area (TPSA) is 37.3 Å². The maximum atomic E-state index is 10.6. The number of aliphatic hydroxyl groups is 1. The lowest BCUT2D eigenvalue weighted by Crippen LogP contribution is -1.89. The minimum atomic E-state index is 0.104. The van der Waals surface area contributed by atoms with Crippen molar-refractivity contribution in [2.45, 2.75) is 19.3 Å². The van der Waals surface area contributed by atoms with Crippen LogP contribution in [0.15, 0.2) is 11.8 Å². The first kappa shape index (κ1) is 5.35. The molecule has 0 spiro atoms. The second kappa shape index (κ2) is 1.99. The largest absolute Gasteiger partial charge is 0.515 e. The molecule has 8 heavy (non-hydrogen) atoms. The van der Waals surface area contributed by atoms with Crippen LogP contribution < -0.4 is 0 Å². The van der Waals surface area contributed by atoms with E-state index < -0.39 is 0 Å². The molecule has 2 nitrogen and oxygen atoms in total. The molecule has 0 unspecified atom stereocenters. The van der Waals surface area contributed by atoms with E-state index in [-0.39, 0.29) is 5.78 Å². The monoisotopic (exact) mass is 112 g/mol. The highest BCUT2D eigenvalue weighted by molar-refractivity contribution is 5.96. The molecular weight excluding hydrogens is 104 g/mol. The quantitative estimate of drug-likeness (QED) is 0.377. The van der Waals surface area contributed by atoms with E-state index in [1.165, 1.54) is 0 Å². The van der Waals surface area contributed by atoms with Crippen molar-refractivity contribution in [2.24, 2.45) is 0 Å². The van der Waals surface area contributed by atoms with Crippen LogP contribution in [0.5, 0.6) is 0 Å². The van der Waals surface area contributed by atoms with E-state index in [9.17, 15) is 4.79 Å². The zero-order valence-corrected chi connectivity index (χ0v) is 4.55. The first-order chi connectivity index (χ1) is 3.84.